The second-order valence-corrected chi connectivity index (χ2v) is 6.99. The average molecular weight is 318 g/mol. The van der Waals surface area contributed by atoms with Gasteiger partial charge in [0.1, 0.15) is 0 Å². The number of hydrogen-bond acceptors (Lipinski definition) is 4. The van der Waals surface area contributed by atoms with Gasteiger partial charge >= 0.3 is 0 Å². The van der Waals surface area contributed by atoms with Crippen molar-refractivity contribution in [1.29, 1.82) is 0 Å². The lowest BCUT2D eigenvalue weighted by Crippen LogP contribution is -2.30. The normalized spacial score (nSPS) is 11.0. The number of para-hydroxylation sites is 2. The minimum atomic E-state index is -3.39. The fourth-order valence-corrected chi connectivity index (χ4v) is 2.92. The van der Waals surface area contributed by atoms with Crippen LogP contribution in [0.25, 0.3) is 0 Å². The first-order valence-corrected chi connectivity index (χ1v) is 8.62. The largest absolute Gasteiger partial charge is 0.365 e. The lowest BCUT2D eigenvalue weighted by atomic mass is 10.3. The monoisotopic (exact) mass is 318 g/mol. The molecule has 0 bridgehead atoms. The number of nitrogens with one attached hydrogen (secondary N) is 1. The first-order valence-electron chi connectivity index (χ1n) is 6.73. The van der Waals surface area contributed by atoms with Crippen LogP contribution in [0.2, 0.25) is 0 Å². The third-order valence-electron chi connectivity index (χ3n) is 3.14. The topological polar surface area (TPSA) is 66.5 Å². The molecule has 5 nitrogen and oxygen atoms in total. The Morgan fingerprint density at radius 1 is 1.05 bits per heavy atom. The summed E-state index contributed by atoms with van der Waals surface area (Å²) in [6.45, 7) is 0.127. The summed E-state index contributed by atoms with van der Waals surface area (Å²) in [5.41, 5.74) is 1.21. The van der Waals surface area contributed by atoms with Gasteiger partial charge in [0.2, 0.25) is 5.91 Å². The number of rotatable bonds is 5. The highest BCUT2D eigenvalue weighted by atomic mass is 32.2. The zero-order valence-corrected chi connectivity index (χ0v) is 13.3. The second-order valence-electron chi connectivity index (χ2n) is 5.01. The van der Waals surface area contributed by atoms with Gasteiger partial charge in [-0.05, 0) is 24.3 Å². The average Bonchev–Trinajstić information content (AvgIpc) is 2.47. The number of benzene rings is 2. The summed E-state index contributed by atoms with van der Waals surface area (Å²) in [6, 6.07) is 15.9. The summed E-state index contributed by atoms with van der Waals surface area (Å²) < 4.78 is 23.4. The van der Waals surface area contributed by atoms with Gasteiger partial charge in [0.15, 0.2) is 9.84 Å². The van der Waals surface area contributed by atoms with Crippen molar-refractivity contribution in [2.75, 3.05) is 30.1 Å². The molecule has 22 heavy (non-hydrogen) atoms. The third-order valence-corrected chi connectivity index (χ3v) is 4.29. The van der Waals surface area contributed by atoms with Crippen molar-refractivity contribution in [3.8, 4) is 0 Å². The van der Waals surface area contributed by atoms with Crippen molar-refractivity contribution in [2.24, 2.45) is 0 Å². The minimum absolute atomic E-state index is 0.116. The zero-order chi connectivity index (χ0) is 16.2. The van der Waals surface area contributed by atoms with Crippen LogP contribution in [0.4, 0.5) is 11.4 Å². The molecule has 0 aliphatic rings. The number of hydrogen-bond donors (Lipinski definition) is 1. The molecule has 0 unspecified atom stereocenters. The Balaban J connectivity index is 2.11. The number of likely N-dealkylation sites (N-methyl/N-ethyl adjacent to an activating group) is 1. The summed E-state index contributed by atoms with van der Waals surface area (Å²) in [5, 5.41) is 2.66. The molecule has 2 rings (SSSR count). The van der Waals surface area contributed by atoms with Crippen LogP contribution in [0.15, 0.2) is 59.5 Å². The molecule has 0 aliphatic heterocycles. The standard InChI is InChI=1S/C16H18N2O3S/c1-18(13-8-4-3-5-9-13)12-16(19)17-14-10-6-7-11-15(14)22(2,20)21/h3-11H,12H2,1-2H3,(H,17,19). The van der Waals surface area contributed by atoms with E-state index in [1.807, 2.05) is 30.3 Å². The van der Waals surface area contributed by atoms with Gasteiger partial charge in [-0.3, -0.25) is 4.79 Å². The Morgan fingerprint density at radius 3 is 2.27 bits per heavy atom. The van der Waals surface area contributed by atoms with E-state index in [1.54, 1.807) is 30.1 Å². The molecule has 0 saturated carbocycles. The highest BCUT2D eigenvalue weighted by Crippen LogP contribution is 2.20. The predicted octanol–water partition coefficient (Wildman–Crippen LogP) is 2.17. The van der Waals surface area contributed by atoms with Crippen LogP contribution >= 0.6 is 0 Å². The molecule has 0 radical (unpaired) electrons. The van der Waals surface area contributed by atoms with Crippen LogP contribution in [0.1, 0.15) is 0 Å². The second kappa shape index (κ2) is 6.62. The van der Waals surface area contributed by atoms with E-state index in [0.717, 1.165) is 11.9 Å². The van der Waals surface area contributed by atoms with Crippen LogP contribution in [0, 0.1) is 0 Å². The van der Waals surface area contributed by atoms with Crippen LogP contribution < -0.4 is 10.2 Å². The van der Waals surface area contributed by atoms with Crippen LogP contribution in [-0.4, -0.2) is 34.2 Å². The fourth-order valence-electron chi connectivity index (χ4n) is 2.07. The van der Waals surface area contributed by atoms with E-state index in [2.05, 4.69) is 5.32 Å². The molecule has 2 aromatic carbocycles. The molecule has 0 aromatic heterocycles. The predicted molar refractivity (Wildman–Crippen MR) is 87.9 cm³/mol. The lowest BCUT2D eigenvalue weighted by molar-refractivity contribution is -0.114. The van der Waals surface area contributed by atoms with Gasteiger partial charge in [0, 0.05) is 19.0 Å². The highest BCUT2D eigenvalue weighted by molar-refractivity contribution is 7.90. The fraction of sp³-hybridized carbons (Fsp3) is 0.188. The Bertz CT molecular complexity index is 758. The van der Waals surface area contributed by atoms with Crippen molar-refractivity contribution in [3.05, 3.63) is 54.6 Å². The molecule has 1 N–H and O–H groups in total. The molecule has 0 atom stereocenters. The smallest absolute Gasteiger partial charge is 0.243 e. The van der Waals surface area contributed by atoms with E-state index in [0.29, 0.717) is 5.69 Å². The number of nitrogens with zero attached hydrogens (tertiary/aromatic N) is 1. The quantitative estimate of drug-likeness (QED) is 0.917. The SMILES string of the molecule is CN(CC(=O)Nc1ccccc1S(C)(=O)=O)c1ccccc1. The molecule has 0 heterocycles. The molecule has 0 saturated heterocycles. The number of sulfone groups is 1. The van der Waals surface area contributed by atoms with Crippen molar-refractivity contribution in [1.82, 2.24) is 0 Å². The summed E-state index contributed by atoms with van der Waals surface area (Å²) in [4.78, 5) is 14.0. The molecule has 1 amide bonds. The van der Waals surface area contributed by atoms with Crippen LogP contribution in [0.3, 0.4) is 0 Å². The van der Waals surface area contributed by atoms with Crippen LogP contribution in [0.5, 0.6) is 0 Å². The third kappa shape index (κ3) is 4.08. The van der Waals surface area contributed by atoms with Gasteiger partial charge in [-0.25, -0.2) is 8.42 Å². The summed E-state index contributed by atoms with van der Waals surface area (Å²) in [7, 11) is -1.59. The van der Waals surface area contributed by atoms with Crippen molar-refractivity contribution in [2.45, 2.75) is 4.90 Å². The highest BCUT2D eigenvalue weighted by Gasteiger charge is 2.15. The van der Waals surface area contributed by atoms with Gasteiger partial charge in [0.25, 0.3) is 0 Å². The molecule has 0 aliphatic carbocycles. The molecular weight excluding hydrogens is 300 g/mol. The number of amides is 1. The maximum atomic E-state index is 12.1. The first kappa shape index (κ1) is 16.0. The van der Waals surface area contributed by atoms with Gasteiger partial charge in [-0.15, -0.1) is 0 Å². The van der Waals surface area contributed by atoms with Crippen molar-refractivity contribution in [3.63, 3.8) is 0 Å². The molecule has 6 heteroatoms. The van der Waals surface area contributed by atoms with Gasteiger partial charge < -0.3 is 10.2 Å². The van der Waals surface area contributed by atoms with E-state index in [-0.39, 0.29) is 17.3 Å². The Kier molecular flexibility index (Phi) is 4.82. The molecule has 2 aromatic rings. The summed E-state index contributed by atoms with van der Waals surface area (Å²) >= 11 is 0. The Labute approximate surface area is 130 Å². The van der Waals surface area contributed by atoms with Gasteiger partial charge in [0.05, 0.1) is 17.1 Å². The number of carbonyl (C=O) groups is 1. The summed E-state index contributed by atoms with van der Waals surface area (Å²) in [5.74, 6) is -0.276. The van der Waals surface area contributed by atoms with E-state index >= 15 is 0 Å². The molecule has 116 valence electrons. The van der Waals surface area contributed by atoms with Gasteiger partial charge in [-0.2, -0.15) is 0 Å². The van der Waals surface area contributed by atoms with Crippen molar-refractivity contribution < 1.29 is 13.2 Å². The lowest BCUT2D eigenvalue weighted by Gasteiger charge is -2.19. The van der Waals surface area contributed by atoms with Gasteiger partial charge in [-0.1, -0.05) is 30.3 Å². The van der Waals surface area contributed by atoms with E-state index in [1.165, 1.54) is 6.07 Å². The summed E-state index contributed by atoms with van der Waals surface area (Å²) in [6.07, 6.45) is 1.12. The molecule has 0 spiro atoms. The maximum absolute atomic E-state index is 12.1. The first-order chi connectivity index (χ1) is 10.4. The van der Waals surface area contributed by atoms with Crippen LogP contribution in [-0.2, 0) is 14.6 Å². The van der Waals surface area contributed by atoms with E-state index in [4.69, 9.17) is 0 Å². The Hall–Kier alpha value is -2.34. The number of anilines is 2. The number of carbonyl (C=O) groups excluding carboxylic acids is 1. The molecular formula is C16H18N2O3S. The zero-order valence-electron chi connectivity index (χ0n) is 12.5. The van der Waals surface area contributed by atoms with Crippen molar-refractivity contribution >= 4 is 27.1 Å². The molecule has 0 fully saturated rings. The minimum Gasteiger partial charge on any atom is -0.365 e. The van der Waals surface area contributed by atoms with E-state index < -0.39 is 9.84 Å². The Morgan fingerprint density at radius 2 is 1.64 bits per heavy atom. The van der Waals surface area contributed by atoms with E-state index in [9.17, 15) is 13.2 Å². The maximum Gasteiger partial charge on any atom is 0.243 e.